The first kappa shape index (κ1) is 21.5. The highest BCUT2D eigenvalue weighted by atomic mass is 16.3. The molecule has 3 atom stereocenters. The average molecular weight is 434 g/mol. The molecule has 3 unspecified atom stereocenters. The number of hydrogen-bond donors (Lipinski definition) is 2. The second-order valence-corrected chi connectivity index (χ2v) is 10.2. The molecule has 0 spiro atoms. The van der Waals surface area contributed by atoms with E-state index >= 15 is 0 Å². The van der Waals surface area contributed by atoms with Gasteiger partial charge in [0.1, 0.15) is 6.23 Å². The van der Waals surface area contributed by atoms with Crippen LogP contribution in [0.1, 0.15) is 56.2 Å². The third-order valence-electron chi connectivity index (χ3n) is 8.47. The lowest BCUT2D eigenvalue weighted by Gasteiger charge is -2.47. The van der Waals surface area contributed by atoms with Crippen LogP contribution >= 0.6 is 0 Å². The highest BCUT2D eigenvalue weighted by Gasteiger charge is 2.51. The van der Waals surface area contributed by atoms with Gasteiger partial charge in [0.2, 0.25) is 5.91 Å². The van der Waals surface area contributed by atoms with Gasteiger partial charge in [-0.25, -0.2) is 0 Å². The monoisotopic (exact) mass is 433 g/mol. The van der Waals surface area contributed by atoms with Crippen LogP contribution in [-0.4, -0.2) is 48.3 Å². The second-order valence-electron chi connectivity index (χ2n) is 10.2. The molecule has 170 valence electrons. The number of carbonyl (C=O) groups is 1. The molecule has 3 aliphatic rings. The van der Waals surface area contributed by atoms with Gasteiger partial charge >= 0.3 is 0 Å². The van der Waals surface area contributed by atoms with Gasteiger partial charge in [0.15, 0.2) is 0 Å². The van der Waals surface area contributed by atoms with E-state index in [-0.39, 0.29) is 23.9 Å². The summed E-state index contributed by atoms with van der Waals surface area (Å²) in [5.41, 5.74) is 4.65. The first-order valence-electron chi connectivity index (χ1n) is 12.0. The van der Waals surface area contributed by atoms with Crippen molar-refractivity contribution in [1.82, 2.24) is 10.2 Å². The molecule has 1 fully saturated rings. The maximum atomic E-state index is 12.3. The van der Waals surface area contributed by atoms with Crippen molar-refractivity contribution in [2.45, 2.75) is 69.2 Å². The van der Waals surface area contributed by atoms with Gasteiger partial charge in [0.05, 0.1) is 0 Å². The first-order valence-corrected chi connectivity index (χ1v) is 12.0. The van der Waals surface area contributed by atoms with Crippen molar-refractivity contribution in [2.24, 2.45) is 0 Å². The summed E-state index contributed by atoms with van der Waals surface area (Å²) < 4.78 is 0. The minimum Gasteiger partial charge on any atom is -0.373 e. The van der Waals surface area contributed by atoms with Crippen molar-refractivity contribution in [3.8, 4) is 0 Å². The molecule has 1 amide bonds. The van der Waals surface area contributed by atoms with E-state index in [1.807, 2.05) is 19.1 Å². The van der Waals surface area contributed by atoms with Crippen molar-refractivity contribution in [2.75, 3.05) is 25.0 Å². The minimum atomic E-state index is -0.698. The van der Waals surface area contributed by atoms with Gasteiger partial charge in [-0.2, -0.15) is 0 Å². The van der Waals surface area contributed by atoms with Gasteiger partial charge in [-0.05, 0) is 55.4 Å². The Kier molecular flexibility index (Phi) is 5.30. The van der Waals surface area contributed by atoms with Gasteiger partial charge in [0, 0.05) is 49.2 Å². The Hall–Kier alpha value is -2.37. The first-order chi connectivity index (χ1) is 15.4. The topological polar surface area (TPSA) is 55.8 Å². The lowest BCUT2D eigenvalue weighted by atomic mass is 9.79. The molecule has 2 N–H and O–H groups in total. The van der Waals surface area contributed by atoms with Gasteiger partial charge in [-0.1, -0.05) is 49.4 Å². The number of nitrogens with zero attached hydrogens (tertiary/aromatic N) is 2. The number of hydrogen-bond acceptors (Lipinski definition) is 4. The smallest absolute Gasteiger partial charge is 0.220 e. The summed E-state index contributed by atoms with van der Waals surface area (Å²) in [7, 11) is 1.66. The third-order valence-corrected chi connectivity index (χ3v) is 8.47. The zero-order valence-corrected chi connectivity index (χ0v) is 19.5. The zero-order chi connectivity index (χ0) is 22.5. The number of piperidine rings is 1. The zero-order valence-electron chi connectivity index (χ0n) is 19.5. The molecular weight excluding hydrogens is 398 g/mol. The number of amides is 1. The molecule has 32 heavy (non-hydrogen) atoms. The Morgan fingerprint density at radius 1 is 1.06 bits per heavy atom. The van der Waals surface area contributed by atoms with Crippen LogP contribution in [0.5, 0.6) is 0 Å². The number of aryl methyl sites for hydroxylation is 1. The third kappa shape index (κ3) is 3.17. The highest BCUT2D eigenvalue weighted by Crippen LogP contribution is 2.49. The molecule has 0 saturated carbocycles. The number of benzene rings is 2. The number of likely N-dealkylation sites (tertiary alicyclic amines) is 1. The summed E-state index contributed by atoms with van der Waals surface area (Å²) in [6.07, 6.45) is 3.94. The lowest BCUT2D eigenvalue weighted by Crippen LogP contribution is -2.55. The van der Waals surface area contributed by atoms with Crippen LogP contribution in [0.2, 0.25) is 0 Å². The SMILES string of the molecule is CNC(=O)CC1(C)c2ccccc2N(C2CCN(C3(C)CCc4ccccc43)CC2)C1O. The van der Waals surface area contributed by atoms with Crippen LogP contribution in [0.4, 0.5) is 5.69 Å². The van der Waals surface area contributed by atoms with Gasteiger partial charge in [0.25, 0.3) is 0 Å². The van der Waals surface area contributed by atoms with E-state index in [0.29, 0.717) is 0 Å². The van der Waals surface area contributed by atoms with Crippen LogP contribution in [0.15, 0.2) is 48.5 Å². The standard InChI is InChI=1S/C27H35N3O2/c1-26(18-24(31)28-3)22-10-6-7-11-23(22)30(25(26)32)20-13-16-29(17-14-20)27(2)15-12-19-8-4-5-9-21(19)27/h4-11,20,25,32H,12-18H2,1-3H3,(H,28,31). The number of aliphatic hydroxyl groups is 1. The molecule has 5 nitrogen and oxygen atoms in total. The molecule has 0 aromatic heterocycles. The van der Waals surface area contributed by atoms with Crippen molar-refractivity contribution < 1.29 is 9.90 Å². The van der Waals surface area contributed by atoms with Crippen molar-refractivity contribution in [1.29, 1.82) is 0 Å². The minimum absolute atomic E-state index is 0.0363. The normalized spacial score (nSPS) is 30.2. The van der Waals surface area contributed by atoms with E-state index in [2.05, 4.69) is 58.4 Å². The molecule has 2 heterocycles. The molecule has 1 aliphatic carbocycles. The van der Waals surface area contributed by atoms with Crippen LogP contribution in [0.25, 0.3) is 0 Å². The summed E-state index contributed by atoms with van der Waals surface area (Å²) in [5, 5.41) is 14.3. The number of rotatable bonds is 4. The van der Waals surface area contributed by atoms with E-state index in [1.165, 1.54) is 17.5 Å². The summed E-state index contributed by atoms with van der Waals surface area (Å²) in [6, 6.07) is 17.4. The predicted molar refractivity (Wildman–Crippen MR) is 128 cm³/mol. The fraction of sp³-hybridized carbons (Fsp3) is 0.519. The highest BCUT2D eigenvalue weighted by molar-refractivity contribution is 5.79. The molecule has 1 saturated heterocycles. The quantitative estimate of drug-likeness (QED) is 0.774. The summed E-state index contributed by atoms with van der Waals surface area (Å²) >= 11 is 0. The van der Waals surface area contributed by atoms with E-state index in [0.717, 1.165) is 43.6 Å². The Morgan fingerprint density at radius 2 is 1.72 bits per heavy atom. The molecular formula is C27H35N3O2. The Morgan fingerprint density at radius 3 is 2.44 bits per heavy atom. The average Bonchev–Trinajstić information content (AvgIpc) is 3.27. The molecule has 5 heteroatoms. The predicted octanol–water partition coefficient (Wildman–Crippen LogP) is 3.54. The van der Waals surface area contributed by atoms with E-state index in [9.17, 15) is 9.90 Å². The largest absolute Gasteiger partial charge is 0.373 e. The van der Waals surface area contributed by atoms with Crippen LogP contribution in [0.3, 0.4) is 0 Å². The number of fused-ring (bicyclic) bond motifs is 2. The second kappa shape index (κ2) is 7.89. The van der Waals surface area contributed by atoms with Crippen LogP contribution in [0, 0.1) is 0 Å². The van der Waals surface area contributed by atoms with Crippen molar-refractivity contribution in [3.05, 3.63) is 65.2 Å². The molecule has 2 aromatic carbocycles. The molecule has 0 bridgehead atoms. The summed E-state index contributed by atoms with van der Waals surface area (Å²) in [4.78, 5) is 17.2. The Labute approximate surface area is 191 Å². The fourth-order valence-electron chi connectivity index (χ4n) is 6.51. The van der Waals surface area contributed by atoms with Gasteiger partial charge in [-0.3, -0.25) is 9.69 Å². The number of carbonyl (C=O) groups excluding carboxylic acids is 1. The fourth-order valence-corrected chi connectivity index (χ4v) is 6.51. The summed E-state index contributed by atoms with van der Waals surface area (Å²) in [6.45, 7) is 6.47. The van der Waals surface area contributed by atoms with Crippen LogP contribution < -0.4 is 10.2 Å². The van der Waals surface area contributed by atoms with Gasteiger partial charge in [-0.15, -0.1) is 0 Å². The van der Waals surface area contributed by atoms with E-state index in [1.54, 1.807) is 7.05 Å². The van der Waals surface area contributed by atoms with E-state index in [4.69, 9.17) is 0 Å². The molecule has 2 aliphatic heterocycles. The Bertz CT molecular complexity index is 1020. The number of anilines is 1. The molecule has 5 rings (SSSR count). The number of aliphatic hydroxyl groups excluding tert-OH is 1. The molecule has 2 aromatic rings. The maximum absolute atomic E-state index is 12.3. The van der Waals surface area contributed by atoms with Crippen molar-refractivity contribution in [3.63, 3.8) is 0 Å². The maximum Gasteiger partial charge on any atom is 0.220 e. The lowest BCUT2D eigenvalue weighted by molar-refractivity contribution is -0.122. The van der Waals surface area contributed by atoms with Crippen LogP contribution in [-0.2, 0) is 22.2 Å². The van der Waals surface area contributed by atoms with Crippen molar-refractivity contribution >= 4 is 11.6 Å². The summed E-state index contributed by atoms with van der Waals surface area (Å²) in [5.74, 6) is -0.0363. The number of para-hydroxylation sites is 1. The number of nitrogens with one attached hydrogen (secondary N) is 1. The Balaban J connectivity index is 1.37. The molecule has 0 radical (unpaired) electrons. The van der Waals surface area contributed by atoms with Gasteiger partial charge < -0.3 is 15.3 Å². The van der Waals surface area contributed by atoms with E-state index < -0.39 is 11.6 Å².